The van der Waals surface area contributed by atoms with Crippen molar-refractivity contribution in [2.45, 2.75) is 54.0 Å². The van der Waals surface area contributed by atoms with Gasteiger partial charge in [0.05, 0.1) is 0 Å². The molecule has 0 saturated carbocycles. The van der Waals surface area contributed by atoms with E-state index in [-0.39, 0.29) is 0 Å². The number of hydrogen-bond acceptors (Lipinski definition) is 3. The van der Waals surface area contributed by atoms with Gasteiger partial charge in [-0.2, -0.15) is 0 Å². The van der Waals surface area contributed by atoms with Crippen molar-refractivity contribution in [3.05, 3.63) is 54.1 Å². The molecule has 0 aromatic heterocycles. The largest absolute Gasteiger partial charge is 0.399 e. The zero-order valence-corrected chi connectivity index (χ0v) is 14.3. The van der Waals surface area contributed by atoms with Gasteiger partial charge in [0.1, 0.15) is 0 Å². The molecule has 2 heterocycles. The summed E-state index contributed by atoms with van der Waals surface area (Å²) in [4.78, 5) is 5.29. The lowest BCUT2D eigenvalue weighted by Crippen LogP contribution is -2.35. The predicted octanol–water partition coefficient (Wildman–Crippen LogP) is 5.11. The normalized spacial score (nSPS) is 24.5. The van der Waals surface area contributed by atoms with Gasteiger partial charge >= 0.3 is 0 Å². The zero-order chi connectivity index (χ0) is 15.6. The highest BCUT2D eigenvalue weighted by Crippen LogP contribution is 2.40. The van der Waals surface area contributed by atoms with Crippen molar-refractivity contribution < 1.29 is 0 Å². The number of nitrogens with two attached hydrogens (primary N) is 1. The first-order valence-electron chi connectivity index (χ1n) is 8.69. The van der Waals surface area contributed by atoms with Crippen LogP contribution < -0.4 is 5.73 Å². The van der Waals surface area contributed by atoms with Gasteiger partial charge in [-0.25, -0.2) is 0 Å². The number of rotatable bonds is 3. The number of nitrogens with zero attached hydrogens (tertiary/aromatic N) is 1. The first-order chi connectivity index (χ1) is 11.3. The van der Waals surface area contributed by atoms with E-state index < -0.39 is 0 Å². The summed E-state index contributed by atoms with van der Waals surface area (Å²) in [5.41, 5.74) is 8.07. The van der Waals surface area contributed by atoms with Gasteiger partial charge in [0.25, 0.3) is 0 Å². The van der Waals surface area contributed by atoms with Crippen LogP contribution in [0.5, 0.6) is 0 Å². The molecule has 2 N–H and O–H groups in total. The third kappa shape index (κ3) is 3.26. The summed E-state index contributed by atoms with van der Waals surface area (Å²) in [7, 11) is 0. The van der Waals surface area contributed by atoms with Gasteiger partial charge in [0.15, 0.2) is 0 Å². The van der Waals surface area contributed by atoms with Crippen LogP contribution in [0.25, 0.3) is 0 Å². The van der Waals surface area contributed by atoms with Crippen molar-refractivity contribution >= 4 is 17.4 Å². The molecule has 0 radical (unpaired) electrons. The minimum atomic E-state index is 0.649. The standard InChI is InChI=1S/C20H24N2S/c21-16-6-11-19(12-7-16)23-18-9-4-15(5-10-18)20-13-8-17-3-1-2-14-22(17)20/h4-7,9-12,17,20H,1-3,8,13-14,21H2/t17-,20-/m0/s1. The molecule has 2 saturated heterocycles. The molecular weight excluding hydrogens is 300 g/mol. The molecule has 23 heavy (non-hydrogen) atoms. The Bertz CT molecular complexity index is 650. The Balaban J connectivity index is 1.46. The molecule has 2 nitrogen and oxygen atoms in total. The van der Waals surface area contributed by atoms with E-state index in [0.29, 0.717) is 6.04 Å². The van der Waals surface area contributed by atoms with E-state index >= 15 is 0 Å². The van der Waals surface area contributed by atoms with Crippen molar-refractivity contribution in [1.82, 2.24) is 4.90 Å². The average molecular weight is 324 g/mol. The summed E-state index contributed by atoms with van der Waals surface area (Å²) >= 11 is 1.80. The monoisotopic (exact) mass is 324 g/mol. The van der Waals surface area contributed by atoms with E-state index in [4.69, 9.17) is 5.73 Å². The van der Waals surface area contributed by atoms with Crippen LogP contribution in [0, 0.1) is 0 Å². The molecule has 0 amide bonds. The molecule has 3 heteroatoms. The highest BCUT2D eigenvalue weighted by molar-refractivity contribution is 7.99. The minimum absolute atomic E-state index is 0.649. The fourth-order valence-corrected chi connectivity index (χ4v) is 4.86. The second-order valence-electron chi connectivity index (χ2n) is 6.72. The van der Waals surface area contributed by atoms with Crippen LogP contribution in [0.15, 0.2) is 58.3 Å². The number of benzene rings is 2. The zero-order valence-electron chi connectivity index (χ0n) is 13.4. The molecule has 0 aliphatic carbocycles. The number of nitrogen functional groups attached to an aromatic ring is 1. The Hall–Kier alpha value is -1.45. The molecule has 2 aromatic carbocycles. The number of fused-ring (bicyclic) bond motifs is 1. The Labute approximate surface area is 143 Å². The van der Waals surface area contributed by atoms with Crippen LogP contribution in [0.3, 0.4) is 0 Å². The molecule has 0 unspecified atom stereocenters. The maximum atomic E-state index is 5.75. The first kappa shape index (κ1) is 15.1. The first-order valence-corrected chi connectivity index (χ1v) is 9.50. The number of anilines is 1. The quantitative estimate of drug-likeness (QED) is 0.796. The van der Waals surface area contributed by atoms with Gasteiger partial charge in [-0.1, -0.05) is 30.3 Å². The van der Waals surface area contributed by atoms with E-state index in [9.17, 15) is 0 Å². The topological polar surface area (TPSA) is 29.3 Å². The predicted molar refractivity (Wildman–Crippen MR) is 97.7 cm³/mol. The summed E-state index contributed by atoms with van der Waals surface area (Å²) < 4.78 is 0. The van der Waals surface area contributed by atoms with Crippen molar-refractivity contribution in [2.24, 2.45) is 0 Å². The second-order valence-corrected chi connectivity index (χ2v) is 7.87. The average Bonchev–Trinajstić information content (AvgIpc) is 3.02. The maximum Gasteiger partial charge on any atom is 0.0351 e. The summed E-state index contributed by atoms with van der Waals surface area (Å²) in [6, 6.07) is 18.8. The SMILES string of the molecule is Nc1ccc(Sc2ccc([C@@H]3CC[C@@H]4CCCCN43)cc2)cc1. The molecule has 0 bridgehead atoms. The fraction of sp³-hybridized carbons (Fsp3) is 0.400. The van der Waals surface area contributed by atoms with Crippen molar-refractivity contribution in [3.8, 4) is 0 Å². The van der Waals surface area contributed by atoms with Crippen LogP contribution in [0.2, 0.25) is 0 Å². The van der Waals surface area contributed by atoms with Crippen molar-refractivity contribution in [3.63, 3.8) is 0 Å². The van der Waals surface area contributed by atoms with E-state index in [0.717, 1.165) is 11.7 Å². The summed E-state index contributed by atoms with van der Waals surface area (Å²) in [6.07, 6.45) is 6.91. The van der Waals surface area contributed by atoms with E-state index in [2.05, 4.69) is 41.3 Å². The summed E-state index contributed by atoms with van der Waals surface area (Å²) in [5, 5.41) is 0. The van der Waals surface area contributed by atoms with E-state index in [1.165, 1.54) is 54.0 Å². The van der Waals surface area contributed by atoms with Crippen LogP contribution in [0.4, 0.5) is 5.69 Å². The van der Waals surface area contributed by atoms with Gasteiger partial charge in [0.2, 0.25) is 0 Å². The van der Waals surface area contributed by atoms with Gasteiger partial charge in [-0.3, -0.25) is 4.90 Å². The highest BCUT2D eigenvalue weighted by atomic mass is 32.2. The molecule has 0 spiro atoms. The van der Waals surface area contributed by atoms with Crippen LogP contribution in [-0.2, 0) is 0 Å². The third-order valence-electron chi connectivity index (χ3n) is 5.23. The molecule has 2 fully saturated rings. The fourth-order valence-electron chi connectivity index (χ4n) is 4.05. The van der Waals surface area contributed by atoms with Crippen LogP contribution in [-0.4, -0.2) is 17.5 Å². The second kappa shape index (κ2) is 6.58. The van der Waals surface area contributed by atoms with Crippen molar-refractivity contribution in [1.29, 1.82) is 0 Å². The van der Waals surface area contributed by atoms with Gasteiger partial charge in [-0.05, 0) is 74.2 Å². The van der Waals surface area contributed by atoms with E-state index in [1.807, 2.05) is 12.1 Å². The molecule has 2 aliphatic heterocycles. The van der Waals surface area contributed by atoms with Gasteiger partial charge < -0.3 is 5.73 Å². The molecule has 120 valence electrons. The maximum absolute atomic E-state index is 5.75. The molecule has 2 aromatic rings. The molecule has 2 atom stereocenters. The Morgan fingerprint density at radius 2 is 1.52 bits per heavy atom. The summed E-state index contributed by atoms with van der Waals surface area (Å²) in [6.45, 7) is 1.29. The molecule has 4 rings (SSSR count). The molecular formula is C20H24N2S. The minimum Gasteiger partial charge on any atom is -0.399 e. The lowest BCUT2D eigenvalue weighted by atomic mass is 10.0. The van der Waals surface area contributed by atoms with Crippen LogP contribution in [0.1, 0.15) is 43.7 Å². The van der Waals surface area contributed by atoms with E-state index in [1.54, 1.807) is 11.8 Å². The highest BCUT2D eigenvalue weighted by Gasteiger charge is 2.35. The van der Waals surface area contributed by atoms with Crippen LogP contribution >= 0.6 is 11.8 Å². The summed E-state index contributed by atoms with van der Waals surface area (Å²) in [5.74, 6) is 0. The lowest BCUT2D eigenvalue weighted by molar-refractivity contribution is 0.150. The Kier molecular flexibility index (Phi) is 4.32. The number of piperidine rings is 1. The Morgan fingerprint density at radius 3 is 2.26 bits per heavy atom. The number of hydrogen-bond donors (Lipinski definition) is 1. The van der Waals surface area contributed by atoms with Crippen molar-refractivity contribution in [2.75, 3.05) is 12.3 Å². The van der Waals surface area contributed by atoms with Gasteiger partial charge in [0, 0.05) is 27.6 Å². The lowest BCUT2D eigenvalue weighted by Gasteiger charge is -2.34. The smallest absolute Gasteiger partial charge is 0.0351 e. The van der Waals surface area contributed by atoms with Gasteiger partial charge in [-0.15, -0.1) is 0 Å². The Morgan fingerprint density at radius 1 is 0.826 bits per heavy atom. The third-order valence-corrected chi connectivity index (χ3v) is 6.24. The molecule has 2 aliphatic rings.